The molecule has 0 rings (SSSR count). The summed E-state index contributed by atoms with van der Waals surface area (Å²) in [7, 11) is 0. The first-order valence-electron chi connectivity index (χ1n) is 3.08. The first-order valence-corrected chi connectivity index (χ1v) is 11.3. The summed E-state index contributed by atoms with van der Waals surface area (Å²) in [6.45, 7) is 0. The zero-order chi connectivity index (χ0) is 11.3. The summed E-state index contributed by atoms with van der Waals surface area (Å²) in [5, 5.41) is 0. The third kappa shape index (κ3) is 32.4. The molecule has 0 nitrogen and oxygen atoms in total. The van der Waals surface area contributed by atoms with Gasteiger partial charge in [0.15, 0.2) is 0 Å². The van der Waals surface area contributed by atoms with Crippen LogP contribution in [0.1, 0.15) is 0 Å². The summed E-state index contributed by atoms with van der Waals surface area (Å²) in [5.41, 5.74) is 0. The van der Waals surface area contributed by atoms with E-state index in [0.29, 0.717) is 0 Å². The molecule has 0 saturated heterocycles. The first kappa shape index (κ1) is 16.1. The molecule has 2 radical (unpaired) electrons. The van der Waals surface area contributed by atoms with Gasteiger partial charge in [0.05, 0.1) is 0 Å². The van der Waals surface area contributed by atoms with Gasteiger partial charge < -0.3 is 0 Å². The number of rotatable bonds is 0. The molecule has 0 N–H and O–H groups in total. The van der Waals surface area contributed by atoms with Crippen molar-refractivity contribution in [2.75, 3.05) is 0 Å². The second-order valence-corrected chi connectivity index (χ2v) is 11.4. The Morgan fingerprint density at radius 3 is 0.923 bits per heavy atom. The van der Waals surface area contributed by atoms with E-state index in [1.165, 1.54) is 0 Å². The topological polar surface area (TPSA) is 0 Å². The van der Waals surface area contributed by atoms with Gasteiger partial charge in [0.25, 0.3) is 0 Å². The van der Waals surface area contributed by atoms with Crippen LogP contribution in [0.5, 0.6) is 0 Å². The molecule has 0 unspecified atom stereocenters. The van der Waals surface area contributed by atoms with Gasteiger partial charge in [-0.05, 0) is 0 Å². The second-order valence-electron chi connectivity index (χ2n) is 2.55. The van der Waals surface area contributed by atoms with Crippen molar-refractivity contribution in [3.8, 4) is 0 Å². The second kappa shape index (κ2) is 6.22. The Bertz CT molecular complexity index is 113. The molecule has 0 aliphatic rings. The van der Waals surface area contributed by atoms with Gasteiger partial charge in [-0.1, -0.05) is 0 Å². The quantitative estimate of drug-likeness (QED) is 0.473. The summed E-state index contributed by atoms with van der Waals surface area (Å²) in [5.74, 6) is 7.00. The zero-order valence-corrected chi connectivity index (χ0v) is 11.2. The predicted octanol–water partition coefficient (Wildman–Crippen LogP) is 3.10. The van der Waals surface area contributed by atoms with Crippen LogP contribution in [0, 0.1) is 0 Å². The van der Waals surface area contributed by atoms with E-state index in [2.05, 4.69) is 17.3 Å². The van der Waals surface area contributed by atoms with Gasteiger partial charge in [0.2, 0.25) is 0 Å². The average Bonchev–Trinajstić information content (AvgIpc) is 1.47. The summed E-state index contributed by atoms with van der Waals surface area (Å²) < 4.78 is 65.2. The van der Waals surface area contributed by atoms with Gasteiger partial charge in [-0.2, -0.15) is 0 Å². The molecule has 0 atom stereocenters. The first-order chi connectivity index (χ1) is 5.44. The fourth-order valence-electron chi connectivity index (χ4n) is 0.144. The summed E-state index contributed by atoms with van der Waals surface area (Å²) >= 11 is -3.85. The molecule has 0 aliphatic carbocycles. The van der Waals surface area contributed by atoms with E-state index in [1.807, 2.05) is 0 Å². The fraction of sp³-hybridized carbons (Fsp3) is 1.00. The molecule has 0 bridgehead atoms. The predicted molar refractivity (Wildman–Crippen MR) is 41.2 cm³/mol. The average molecular weight is 331 g/mol. The van der Waals surface area contributed by atoms with Crippen molar-refractivity contribution < 1.29 is 26.3 Å². The van der Waals surface area contributed by atoms with Gasteiger partial charge in [-0.15, -0.1) is 0 Å². The van der Waals surface area contributed by atoms with Crippen LogP contribution in [0.25, 0.3) is 0 Å². The summed E-state index contributed by atoms with van der Waals surface area (Å²) in [6.07, 6.45) is 0. The number of halogens is 6. The molecule has 0 heterocycles. The SMILES string of the molecule is FC(F)(F)[As]C(F)(F)F.[CH3][Ge]([CH3])[CH3]. The van der Waals surface area contributed by atoms with Crippen LogP contribution in [-0.2, 0) is 0 Å². The van der Waals surface area contributed by atoms with E-state index >= 15 is 0 Å². The Kier molecular flexibility index (Phi) is 7.71. The molecule has 0 aromatic carbocycles. The van der Waals surface area contributed by atoms with E-state index in [9.17, 15) is 26.3 Å². The molecule has 0 saturated carbocycles. The van der Waals surface area contributed by atoms with Gasteiger partial charge >= 0.3 is 83.6 Å². The van der Waals surface area contributed by atoms with Crippen molar-refractivity contribution in [1.82, 2.24) is 0 Å². The Balaban J connectivity index is 0. The van der Waals surface area contributed by atoms with Crippen molar-refractivity contribution in [1.29, 1.82) is 0 Å². The van der Waals surface area contributed by atoms with Crippen LogP contribution in [-0.4, -0.2) is 40.0 Å². The zero-order valence-electron chi connectivity index (χ0n) is 7.22. The molecule has 80 valence electrons. The van der Waals surface area contributed by atoms with Crippen LogP contribution in [0.15, 0.2) is 0 Å². The normalized spacial score (nSPS) is 12.5. The van der Waals surface area contributed by atoms with Crippen LogP contribution < -0.4 is 0 Å². The molecule has 0 fully saturated rings. The van der Waals surface area contributed by atoms with Crippen LogP contribution in [0.3, 0.4) is 0 Å². The minimum absolute atomic E-state index is 0.333. The number of alkyl halides is 6. The van der Waals surface area contributed by atoms with Gasteiger partial charge in [0, 0.05) is 0 Å². The molecule has 0 aromatic rings. The number of hydrogen-bond acceptors (Lipinski definition) is 0. The molecule has 13 heavy (non-hydrogen) atoms. The molecule has 0 aromatic heterocycles. The monoisotopic (exact) mass is 332 g/mol. The fourth-order valence-corrected chi connectivity index (χ4v) is 0.747. The van der Waals surface area contributed by atoms with Crippen molar-refractivity contribution >= 4 is 30.1 Å². The van der Waals surface area contributed by atoms with Gasteiger partial charge in [0.1, 0.15) is 0 Å². The van der Waals surface area contributed by atoms with E-state index in [0.717, 1.165) is 0 Å². The molecular weight excluding hydrogens is 322 g/mol. The van der Waals surface area contributed by atoms with Crippen molar-refractivity contribution in [3.63, 3.8) is 0 Å². The van der Waals surface area contributed by atoms with Crippen LogP contribution >= 0.6 is 0 Å². The maximum atomic E-state index is 10.9. The van der Waals surface area contributed by atoms with Crippen LogP contribution in [0.4, 0.5) is 26.3 Å². The summed E-state index contributed by atoms with van der Waals surface area (Å²) in [4.78, 5) is -10.1. The van der Waals surface area contributed by atoms with E-state index in [4.69, 9.17) is 0 Å². The van der Waals surface area contributed by atoms with Crippen LogP contribution in [0.2, 0.25) is 17.3 Å². The maximum absolute atomic E-state index is 10.9. The molecule has 0 aliphatic heterocycles. The van der Waals surface area contributed by atoms with Crippen molar-refractivity contribution in [3.05, 3.63) is 0 Å². The van der Waals surface area contributed by atoms with Gasteiger partial charge in [-0.25, -0.2) is 0 Å². The van der Waals surface area contributed by atoms with Crippen molar-refractivity contribution in [2.24, 2.45) is 0 Å². The molecule has 0 amide bonds. The Morgan fingerprint density at radius 2 is 0.923 bits per heavy atom. The van der Waals surface area contributed by atoms with Gasteiger partial charge in [-0.3, -0.25) is 0 Å². The van der Waals surface area contributed by atoms with E-state index in [1.54, 1.807) is 0 Å². The Hall–Kier alpha value is 0.681. The Labute approximate surface area is 83.9 Å². The Morgan fingerprint density at radius 1 is 0.769 bits per heavy atom. The van der Waals surface area contributed by atoms with E-state index < -0.39 is 25.7 Å². The minimum atomic E-state index is -5.05. The molecule has 0 spiro atoms. The van der Waals surface area contributed by atoms with E-state index in [-0.39, 0.29) is 14.3 Å². The molecular formula is C5H9AsF6Ge. The third-order valence-electron chi connectivity index (χ3n) is 0.254. The van der Waals surface area contributed by atoms with Crippen molar-refractivity contribution in [2.45, 2.75) is 27.2 Å². The standard InChI is InChI=1S/C3H9Ge.C2AsF6/c1-4(2)3;4-1(5,6)3-2(7,8)9/h1-3H3;. The summed E-state index contributed by atoms with van der Waals surface area (Å²) in [6, 6.07) is 0. The third-order valence-corrected chi connectivity index (χ3v) is 1.32. The molecule has 8 heteroatoms. The number of hydrogen-bond donors (Lipinski definition) is 0.